The van der Waals surface area contributed by atoms with E-state index in [0.717, 1.165) is 37.6 Å². The molecular formula is C24H36IN5O2. The average molecular weight is 553 g/mol. The number of ether oxygens (including phenoxy) is 1. The van der Waals surface area contributed by atoms with Crippen LogP contribution < -0.4 is 21.1 Å². The van der Waals surface area contributed by atoms with E-state index in [2.05, 4.69) is 58.8 Å². The lowest BCUT2D eigenvalue weighted by molar-refractivity contribution is -0.119. The lowest BCUT2D eigenvalue weighted by Crippen LogP contribution is -2.40. The predicted molar refractivity (Wildman–Crippen MR) is 141 cm³/mol. The molecule has 0 aliphatic heterocycles. The molecule has 0 aliphatic carbocycles. The van der Waals surface area contributed by atoms with E-state index in [1.54, 1.807) is 6.07 Å². The van der Waals surface area contributed by atoms with E-state index < -0.39 is 5.91 Å². The van der Waals surface area contributed by atoms with Crippen LogP contribution in [0.2, 0.25) is 0 Å². The molecule has 2 aromatic carbocycles. The normalized spacial score (nSPS) is 12.1. The summed E-state index contributed by atoms with van der Waals surface area (Å²) in [6, 6.07) is 18.5. The Kier molecular flexibility index (Phi) is 13.4. The van der Waals surface area contributed by atoms with Gasteiger partial charge in [0.2, 0.25) is 0 Å². The van der Waals surface area contributed by atoms with Crippen molar-refractivity contribution in [3.63, 3.8) is 0 Å². The molecule has 4 N–H and O–H groups in total. The van der Waals surface area contributed by atoms with Gasteiger partial charge in [0, 0.05) is 25.7 Å². The molecule has 0 heterocycles. The molecule has 1 unspecified atom stereocenters. The fourth-order valence-electron chi connectivity index (χ4n) is 3.05. The Bertz CT molecular complexity index is 832. The van der Waals surface area contributed by atoms with Crippen molar-refractivity contribution in [1.29, 1.82) is 0 Å². The summed E-state index contributed by atoms with van der Waals surface area (Å²) in [5.74, 6) is 0.898. The average Bonchev–Trinajstić information content (AvgIpc) is 2.77. The molecule has 0 bridgehead atoms. The van der Waals surface area contributed by atoms with Crippen molar-refractivity contribution in [2.24, 2.45) is 10.7 Å². The van der Waals surface area contributed by atoms with Gasteiger partial charge in [0.1, 0.15) is 5.75 Å². The molecule has 2 rings (SSSR count). The van der Waals surface area contributed by atoms with Crippen molar-refractivity contribution < 1.29 is 9.53 Å². The zero-order valence-corrected chi connectivity index (χ0v) is 21.5. The maximum absolute atomic E-state index is 10.9. The van der Waals surface area contributed by atoms with Gasteiger partial charge in [0.05, 0.1) is 6.54 Å². The minimum absolute atomic E-state index is 0. The number of hydrogen-bond acceptors (Lipinski definition) is 4. The van der Waals surface area contributed by atoms with Gasteiger partial charge in [-0.1, -0.05) is 42.5 Å². The first kappa shape index (κ1) is 27.7. The highest BCUT2D eigenvalue weighted by Gasteiger charge is 2.10. The molecule has 176 valence electrons. The first-order valence-electron chi connectivity index (χ1n) is 10.7. The number of hydrogen-bond donors (Lipinski definition) is 3. The zero-order valence-electron chi connectivity index (χ0n) is 19.2. The number of primary amides is 1. The monoisotopic (exact) mass is 553 g/mol. The number of aliphatic imine (C=N–C) groups is 1. The molecule has 1 amide bonds. The van der Waals surface area contributed by atoms with E-state index >= 15 is 0 Å². The summed E-state index contributed by atoms with van der Waals surface area (Å²) in [5, 5.41) is 6.70. The van der Waals surface area contributed by atoms with Crippen LogP contribution in [0.25, 0.3) is 0 Å². The highest BCUT2D eigenvalue weighted by Crippen LogP contribution is 2.14. The molecule has 0 saturated heterocycles. The molecule has 0 radical (unpaired) electrons. The summed E-state index contributed by atoms with van der Waals surface area (Å²) in [5.41, 5.74) is 7.45. The minimum atomic E-state index is -0.495. The highest BCUT2D eigenvalue weighted by molar-refractivity contribution is 14.0. The molecular weight excluding hydrogens is 517 g/mol. The van der Waals surface area contributed by atoms with E-state index in [0.29, 0.717) is 18.3 Å². The van der Waals surface area contributed by atoms with Crippen LogP contribution in [-0.4, -0.2) is 49.6 Å². The zero-order chi connectivity index (χ0) is 22.5. The topological polar surface area (TPSA) is 92.0 Å². The molecule has 1 atom stereocenters. The number of guanidine groups is 1. The summed E-state index contributed by atoms with van der Waals surface area (Å²) in [6.45, 7) is 7.22. The number of nitrogens with one attached hydrogen (secondary N) is 2. The fourth-order valence-corrected chi connectivity index (χ4v) is 3.05. The lowest BCUT2D eigenvalue weighted by Gasteiger charge is -2.25. The summed E-state index contributed by atoms with van der Waals surface area (Å²) in [4.78, 5) is 17.9. The van der Waals surface area contributed by atoms with E-state index in [1.807, 2.05) is 31.2 Å². The van der Waals surface area contributed by atoms with Gasteiger partial charge in [-0.2, -0.15) is 0 Å². The number of carbonyl (C=O) groups excluding carboxylic acids is 1. The first-order chi connectivity index (χ1) is 15.0. The van der Waals surface area contributed by atoms with Crippen LogP contribution in [-0.2, 0) is 17.9 Å². The first-order valence-corrected chi connectivity index (χ1v) is 10.7. The number of nitrogens with zero attached hydrogens (tertiary/aromatic N) is 2. The van der Waals surface area contributed by atoms with E-state index in [-0.39, 0.29) is 30.6 Å². The van der Waals surface area contributed by atoms with Gasteiger partial charge in [-0.15, -0.1) is 24.0 Å². The molecule has 0 aliphatic rings. The molecule has 2 aromatic rings. The summed E-state index contributed by atoms with van der Waals surface area (Å²) >= 11 is 0. The lowest BCUT2D eigenvalue weighted by atomic mass is 10.1. The third kappa shape index (κ3) is 10.8. The van der Waals surface area contributed by atoms with Gasteiger partial charge >= 0.3 is 0 Å². The fraction of sp³-hybridized carbons (Fsp3) is 0.417. The Balaban J connectivity index is 0.00000512. The Morgan fingerprint density at radius 1 is 1.12 bits per heavy atom. The SMILES string of the molecule is CCNC(=NCc1cccc(OCC(N)=O)c1)NCCC(C)N(C)Cc1ccccc1.I. The van der Waals surface area contributed by atoms with E-state index in [1.165, 1.54) is 5.56 Å². The molecule has 0 aromatic heterocycles. The van der Waals surface area contributed by atoms with Crippen LogP contribution in [0.5, 0.6) is 5.75 Å². The maximum Gasteiger partial charge on any atom is 0.255 e. The number of amides is 1. The van der Waals surface area contributed by atoms with Crippen LogP contribution >= 0.6 is 24.0 Å². The van der Waals surface area contributed by atoms with Crippen LogP contribution in [0.1, 0.15) is 31.4 Å². The second-order valence-electron chi connectivity index (χ2n) is 7.56. The Labute approximate surface area is 208 Å². The van der Waals surface area contributed by atoms with Crippen molar-refractivity contribution in [2.75, 3.05) is 26.7 Å². The second kappa shape index (κ2) is 15.5. The quantitative estimate of drug-likeness (QED) is 0.214. The van der Waals surface area contributed by atoms with Crippen LogP contribution in [0, 0.1) is 0 Å². The predicted octanol–water partition coefficient (Wildman–Crippen LogP) is 3.13. The summed E-state index contributed by atoms with van der Waals surface area (Å²) in [7, 11) is 2.16. The Morgan fingerprint density at radius 3 is 2.53 bits per heavy atom. The Hall–Kier alpha value is -2.33. The second-order valence-corrected chi connectivity index (χ2v) is 7.56. The van der Waals surface area contributed by atoms with Crippen molar-refractivity contribution >= 4 is 35.8 Å². The van der Waals surface area contributed by atoms with Crippen LogP contribution in [0.3, 0.4) is 0 Å². The third-order valence-corrected chi connectivity index (χ3v) is 4.93. The summed E-state index contributed by atoms with van der Waals surface area (Å²) < 4.78 is 5.36. The van der Waals surface area contributed by atoms with Crippen LogP contribution in [0.4, 0.5) is 0 Å². The van der Waals surface area contributed by atoms with Gasteiger partial charge in [0.15, 0.2) is 12.6 Å². The van der Waals surface area contributed by atoms with Crippen molar-refractivity contribution in [2.45, 2.75) is 39.4 Å². The largest absolute Gasteiger partial charge is 0.484 e. The van der Waals surface area contributed by atoms with Gasteiger partial charge in [0.25, 0.3) is 5.91 Å². The number of nitrogens with two attached hydrogens (primary N) is 1. The molecule has 7 nitrogen and oxygen atoms in total. The maximum atomic E-state index is 10.9. The van der Waals surface area contributed by atoms with Crippen molar-refractivity contribution in [1.82, 2.24) is 15.5 Å². The van der Waals surface area contributed by atoms with Crippen molar-refractivity contribution in [3.8, 4) is 5.75 Å². The molecule has 8 heteroatoms. The Morgan fingerprint density at radius 2 is 1.84 bits per heavy atom. The van der Waals surface area contributed by atoms with E-state index in [4.69, 9.17) is 10.5 Å². The number of rotatable bonds is 12. The molecule has 0 spiro atoms. The van der Waals surface area contributed by atoms with Crippen molar-refractivity contribution in [3.05, 3.63) is 65.7 Å². The van der Waals surface area contributed by atoms with Gasteiger partial charge in [-0.3, -0.25) is 9.69 Å². The smallest absolute Gasteiger partial charge is 0.255 e. The van der Waals surface area contributed by atoms with Gasteiger partial charge in [-0.05, 0) is 50.6 Å². The van der Waals surface area contributed by atoms with E-state index in [9.17, 15) is 4.79 Å². The highest BCUT2D eigenvalue weighted by atomic mass is 127. The number of carbonyl (C=O) groups is 1. The van der Waals surface area contributed by atoms with Gasteiger partial charge < -0.3 is 21.1 Å². The minimum Gasteiger partial charge on any atom is -0.484 e. The summed E-state index contributed by atoms with van der Waals surface area (Å²) in [6.07, 6.45) is 1.00. The molecule has 0 fully saturated rings. The molecule has 0 saturated carbocycles. The molecule has 32 heavy (non-hydrogen) atoms. The standard InChI is InChI=1S/C24H35N5O2.HI/c1-4-26-24(28-16-21-11-8-12-22(15-21)31-18-23(25)30)27-14-13-19(2)29(3)17-20-9-6-5-7-10-20;/h5-12,15,19H,4,13-14,16-18H2,1-3H3,(H2,25,30)(H2,26,27,28);1H. The van der Waals surface area contributed by atoms with Crippen LogP contribution in [0.15, 0.2) is 59.6 Å². The van der Waals surface area contributed by atoms with Gasteiger partial charge in [-0.25, -0.2) is 4.99 Å². The number of halogens is 1. The number of benzene rings is 2. The third-order valence-electron chi connectivity index (χ3n) is 4.93.